The third kappa shape index (κ3) is 3.93. The van der Waals surface area contributed by atoms with Crippen molar-refractivity contribution in [2.75, 3.05) is 37.7 Å². The van der Waals surface area contributed by atoms with Crippen molar-refractivity contribution in [1.82, 2.24) is 9.80 Å². The first-order chi connectivity index (χ1) is 14.6. The maximum atomic E-state index is 13.0. The summed E-state index contributed by atoms with van der Waals surface area (Å²) in [6.07, 6.45) is 0.165. The molecule has 30 heavy (non-hydrogen) atoms. The number of rotatable bonds is 5. The molecule has 2 saturated heterocycles. The molecule has 1 atom stereocenters. The van der Waals surface area contributed by atoms with Gasteiger partial charge in [0.25, 0.3) is 11.8 Å². The van der Waals surface area contributed by atoms with Crippen molar-refractivity contribution < 1.29 is 19.1 Å². The predicted molar refractivity (Wildman–Crippen MR) is 112 cm³/mol. The van der Waals surface area contributed by atoms with Gasteiger partial charge in [-0.3, -0.25) is 19.3 Å². The molecule has 2 aliphatic rings. The van der Waals surface area contributed by atoms with Crippen molar-refractivity contribution in [3.8, 4) is 5.75 Å². The quantitative estimate of drug-likeness (QED) is 0.711. The van der Waals surface area contributed by atoms with E-state index in [4.69, 9.17) is 4.74 Å². The van der Waals surface area contributed by atoms with Gasteiger partial charge in [0.2, 0.25) is 5.91 Å². The van der Waals surface area contributed by atoms with E-state index in [1.807, 2.05) is 42.2 Å². The monoisotopic (exact) mass is 407 g/mol. The van der Waals surface area contributed by atoms with Gasteiger partial charge >= 0.3 is 0 Å². The fraction of sp³-hybridized carbons (Fsp3) is 0.348. The normalized spacial score (nSPS) is 20.0. The fourth-order valence-corrected chi connectivity index (χ4v) is 4.03. The fourth-order valence-electron chi connectivity index (χ4n) is 4.03. The van der Waals surface area contributed by atoms with E-state index in [9.17, 15) is 14.4 Å². The standard InChI is InChI=1S/C23H25N3O4/c1-2-30-19-10-8-18(9-11-19)26-21(27)16-20(23(26)29)24-12-14-25(15-13-24)22(28)17-6-4-3-5-7-17/h3-11,20H,2,12-16H2,1H3/t20-/m0/s1. The molecule has 2 aromatic carbocycles. The van der Waals surface area contributed by atoms with Crippen LogP contribution in [-0.4, -0.2) is 66.3 Å². The molecule has 0 saturated carbocycles. The highest BCUT2D eigenvalue weighted by Crippen LogP contribution is 2.28. The van der Waals surface area contributed by atoms with E-state index >= 15 is 0 Å². The van der Waals surface area contributed by atoms with Crippen LogP contribution in [0.5, 0.6) is 5.75 Å². The highest BCUT2D eigenvalue weighted by atomic mass is 16.5. The van der Waals surface area contributed by atoms with Gasteiger partial charge in [-0.1, -0.05) is 18.2 Å². The zero-order valence-electron chi connectivity index (χ0n) is 17.0. The van der Waals surface area contributed by atoms with Crippen LogP contribution in [0.4, 0.5) is 5.69 Å². The second-order valence-electron chi connectivity index (χ2n) is 7.41. The van der Waals surface area contributed by atoms with Crippen molar-refractivity contribution >= 4 is 23.4 Å². The minimum Gasteiger partial charge on any atom is -0.494 e. The first-order valence-electron chi connectivity index (χ1n) is 10.3. The first-order valence-corrected chi connectivity index (χ1v) is 10.3. The Morgan fingerprint density at radius 3 is 2.27 bits per heavy atom. The molecular formula is C23H25N3O4. The highest BCUT2D eigenvalue weighted by Gasteiger charge is 2.43. The highest BCUT2D eigenvalue weighted by molar-refractivity contribution is 6.22. The number of hydrogen-bond acceptors (Lipinski definition) is 5. The molecule has 2 fully saturated rings. The second-order valence-corrected chi connectivity index (χ2v) is 7.41. The molecule has 7 nitrogen and oxygen atoms in total. The molecule has 0 bridgehead atoms. The number of amides is 3. The third-order valence-corrected chi connectivity index (χ3v) is 5.59. The van der Waals surface area contributed by atoms with Gasteiger partial charge in [0.05, 0.1) is 24.8 Å². The molecule has 0 unspecified atom stereocenters. The van der Waals surface area contributed by atoms with E-state index in [2.05, 4.69) is 0 Å². The molecule has 2 aromatic rings. The van der Waals surface area contributed by atoms with Crippen molar-refractivity contribution in [2.24, 2.45) is 0 Å². The predicted octanol–water partition coefficient (Wildman–Crippen LogP) is 2.18. The lowest BCUT2D eigenvalue weighted by molar-refractivity contribution is -0.123. The van der Waals surface area contributed by atoms with E-state index in [0.717, 1.165) is 0 Å². The van der Waals surface area contributed by atoms with Crippen molar-refractivity contribution in [3.63, 3.8) is 0 Å². The van der Waals surface area contributed by atoms with E-state index in [1.165, 1.54) is 4.90 Å². The van der Waals surface area contributed by atoms with Gasteiger partial charge in [0, 0.05) is 31.7 Å². The Morgan fingerprint density at radius 1 is 0.967 bits per heavy atom. The summed E-state index contributed by atoms with van der Waals surface area (Å²) in [5.41, 5.74) is 1.23. The summed E-state index contributed by atoms with van der Waals surface area (Å²) in [4.78, 5) is 43.3. The van der Waals surface area contributed by atoms with Crippen LogP contribution >= 0.6 is 0 Å². The SMILES string of the molecule is CCOc1ccc(N2C(=O)C[C@H](N3CCN(C(=O)c4ccccc4)CC3)C2=O)cc1. The average Bonchev–Trinajstić information content (AvgIpc) is 3.09. The summed E-state index contributed by atoms with van der Waals surface area (Å²) in [5.74, 6) is 0.306. The van der Waals surface area contributed by atoms with E-state index in [-0.39, 0.29) is 24.1 Å². The largest absolute Gasteiger partial charge is 0.494 e. The van der Waals surface area contributed by atoms with Crippen molar-refractivity contribution in [3.05, 3.63) is 60.2 Å². The molecule has 0 radical (unpaired) electrons. The molecule has 0 spiro atoms. The van der Waals surface area contributed by atoms with E-state index in [1.54, 1.807) is 29.2 Å². The number of nitrogens with zero attached hydrogens (tertiary/aromatic N) is 3. The molecular weight excluding hydrogens is 382 g/mol. The molecule has 4 rings (SSSR count). The topological polar surface area (TPSA) is 70.2 Å². The molecule has 2 aliphatic heterocycles. The number of piperazine rings is 1. The minimum absolute atomic E-state index is 0.0000827. The lowest BCUT2D eigenvalue weighted by atomic mass is 10.1. The summed E-state index contributed by atoms with van der Waals surface area (Å²) in [6.45, 7) is 4.67. The Labute approximate surface area is 175 Å². The molecule has 0 N–H and O–H groups in total. The number of carbonyl (C=O) groups is 3. The number of hydrogen-bond donors (Lipinski definition) is 0. The van der Waals surface area contributed by atoms with Crippen molar-refractivity contribution in [2.45, 2.75) is 19.4 Å². The molecule has 3 amide bonds. The number of benzene rings is 2. The van der Waals surface area contributed by atoms with Gasteiger partial charge in [-0.15, -0.1) is 0 Å². The maximum absolute atomic E-state index is 13.0. The van der Waals surface area contributed by atoms with Gasteiger partial charge in [-0.2, -0.15) is 0 Å². The van der Waals surface area contributed by atoms with Crippen LogP contribution < -0.4 is 9.64 Å². The molecule has 2 heterocycles. The number of carbonyl (C=O) groups excluding carboxylic acids is 3. The molecule has 0 aromatic heterocycles. The van der Waals surface area contributed by atoms with E-state index < -0.39 is 6.04 Å². The summed E-state index contributed by atoms with van der Waals surface area (Å²) >= 11 is 0. The van der Waals surface area contributed by atoms with Crippen LogP contribution in [0.1, 0.15) is 23.7 Å². The van der Waals surface area contributed by atoms with Crippen LogP contribution in [0.3, 0.4) is 0 Å². The van der Waals surface area contributed by atoms with Crippen LogP contribution in [0, 0.1) is 0 Å². The second kappa shape index (κ2) is 8.67. The third-order valence-electron chi connectivity index (χ3n) is 5.59. The van der Waals surface area contributed by atoms with E-state index in [0.29, 0.717) is 49.8 Å². The Balaban J connectivity index is 1.39. The number of imide groups is 1. The summed E-state index contributed by atoms with van der Waals surface area (Å²) in [5, 5.41) is 0. The van der Waals surface area contributed by atoms with Crippen LogP contribution in [-0.2, 0) is 9.59 Å². The smallest absolute Gasteiger partial charge is 0.253 e. The van der Waals surface area contributed by atoms with Crippen molar-refractivity contribution in [1.29, 1.82) is 0 Å². The zero-order valence-corrected chi connectivity index (χ0v) is 17.0. The first kappa shape index (κ1) is 20.1. The maximum Gasteiger partial charge on any atom is 0.253 e. The lowest BCUT2D eigenvalue weighted by Gasteiger charge is -2.37. The van der Waals surface area contributed by atoms with Gasteiger partial charge < -0.3 is 9.64 Å². The van der Waals surface area contributed by atoms with Crippen LogP contribution in [0.15, 0.2) is 54.6 Å². The van der Waals surface area contributed by atoms with Crippen LogP contribution in [0.2, 0.25) is 0 Å². The Morgan fingerprint density at radius 2 is 1.63 bits per heavy atom. The molecule has 7 heteroatoms. The summed E-state index contributed by atoms with van der Waals surface area (Å²) in [6, 6.07) is 15.7. The van der Waals surface area contributed by atoms with Crippen LogP contribution in [0.25, 0.3) is 0 Å². The zero-order chi connectivity index (χ0) is 21.1. The molecule has 0 aliphatic carbocycles. The Hall–Kier alpha value is -3.19. The summed E-state index contributed by atoms with van der Waals surface area (Å²) in [7, 11) is 0. The Bertz CT molecular complexity index is 921. The van der Waals surface area contributed by atoms with Gasteiger partial charge in [0.15, 0.2) is 0 Å². The number of anilines is 1. The average molecular weight is 407 g/mol. The number of ether oxygens (including phenoxy) is 1. The Kier molecular flexibility index (Phi) is 5.81. The lowest BCUT2D eigenvalue weighted by Crippen LogP contribution is -2.53. The van der Waals surface area contributed by atoms with Gasteiger partial charge in [-0.25, -0.2) is 4.90 Å². The minimum atomic E-state index is -0.474. The molecule has 156 valence electrons. The summed E-state index contributed by atoms with van der Waals surface area (Å²) < 4.78 is 5.43. The van der Waals surface area contributed by atoms with Gasteiger partial charge in [0.1, 0.15) is 5.75 Å². The van der Waals surface area contributed by atoms with Gasteiger partial charge in [-0.05, 0) is 43.3 Å².